The van der Waals surface area contributed by atoms with Crippen LogP contribution in [-0.4, -0.2) is 34.4 Å². The van der Waals surface area contributed by atoms with Gasteiger partial charge in [-0.1, -0.05) is 19.9 Å². The van der Waals surface area contributed by atoms with Gasteiger partial charge in [-0.15, -0.1) is 0 Å². The first-order valence-corrected chi connectivity index (χ1v) is 9.68. The number of aromatic nitrogens is 2. The van der Waals surface area contributed by atoms with Gasteiger partial charge in [-0.2, -0.15) is 0 Å². The van der Waals surface area contributed by atoms with Gasteiger partial charge in [0.05, 0.1) is 12.8 Å². The highest BCUT2D eigenvalue weighted by Crippen LogP contribution is 2.31. The molecule has 0 aliphatic heterocycles. The Kier molecular flexibility index (Phi) is 6.56. The van der Waals surface area contributed by atoms with Crippen LogP contribution in [0.5, 0.6) is 11.5 Å². The molecule has 1 unspecified atom stereocenters. The maximum absolute atomic E-state index is 12.6. The van der Waals surface area contributed by atoms with Crippen LogP contribution >= 0.6 is 0 Å². The number of pyridine rings is 1. The van der Waals surface area contributed by atoms with Crippen molar-refractivity contribution in [3.05, 3.63) is 54.5 Å². The SMILES string of the molecule is COc1ccc(NC(=O)C(NC(C)=O)C(C)C)cc1OCc1cn2ccccc2n1. The minimum atomic E-state index is -0.632. The Balaban J connectivity index is 1.74. The molecule has 0 radical (unpaired) electrons. The van der Waals surface area contributed by atoms with E-state index in [0.29, 0.717) is 17.2 Å². The molecule has 1 aromatic carbocycles. The van der Waals surface area contributed by atoms with Crippen LogP contribution in [0.3, 0.4) is 0 Å². The van der Waals surface area contributed by atoms with Gasteiger partial charge >= 0.3 is 0 Å². The van der Waals surface area contributed by atoms with E-state index in [0.717, 1.165) is 11.3 Å². The second-order valence-corrected chi connectivity index (χ2v) is 7.26. The third kappa shape index (κ3) is 5.08. The summed E-state index contributed by atoms with van der Waals surface area (Å²) >= 11 is 0. The number of methoxy groups -OCH3 is 1. The van der Waals surface area contributed by atoms with Gasteiger partial charge in [-0.05, 0) is 30.2 Å². The quantitative estimate of drug-likeness (QED) is 0.595. The highest BCUT2D eigenvalue weighted by atomic mass is 16.5. The molecule has 0 bridgehead atoms. The Bertz CT molecular complexity index is 1010. The van der Waals surface area contributed by atoms with Gasteiger partial charge in [0, 0.05) is 31.1 Å². The van der Waals surface area contributed by atoms with Crippen molar-refractivity contribution in [2.45, 2.75) is 33.4 Å². The second kappa shape index (κ2) is 9.30. The number of rotatable bonds is 8. The van der Waals surface area contributed by atoms with E-state index in [1.807, 2.05) is 48.8 Å². The number of hydrogen-bond donors (Lipinski definition) is 2. The first kappa shape index (κ1) is 21.2. The van der Waals surface area contributed by atoms with Gasteiger partial charge < -0.3 is 24.5 Å². The number of benzene rings is 1. The van der Waals surface area contributed by atoms with Crippen LogP contribution in [-0.2, 0) is 16.2 Å². The molecule has 0 spiro atoms. The molecule has 30 heavy (non-hydrogen) atoms. The Morgan fingerprint density at radius 3 is 2.63 bits per heavy atom. The van der Waals surface area contributed by atoms with Crippen LogP contribution < -0.4 is 20.1 Å². The first-order valence-electron chi connectivity index (χ1n) is 9.68. The summed E-state index contributed by atoms with van der Waals surface area (Å²) in [6.07, 6.45) is 3.82. The van der Waals surface area contributed by atoms with E-state index in [2.05, 4.69) is 15.6 Å². The number of anilines is 1. The number of carbonyl (C=O) groups is 2. The molecule has 158 valence electrons. The summed E-state index contributed by atoms with van der Waals surface area (Å²) in [5.74, 6) is 0.414. The third-order valence-corrected chi connectivity index (χ3v) is 4.53. The fourth-order valence-corrected chi connectivity index (χ4v) is 3.05. The van der Waals surface area contributed by atoms with Crippen molar-refractivity contribution >= 4 is 23.1 Å². The van der Waals surface area contributed by atoms with Crippen LogP contribution in [0.4, 0.5) is 5.69 Å². The highest BCUT2D eigenvalue weighted by Gasteiger charge is 2.23. The molecule has 0 fully saturated rings. The maximum Gasteiger partial charge on any atom is 0.247 e. The number of nitrogens with one attached hydrogen (secondary N) is 2. The zero-order chi connectivity index (χ0) is 21.7. The van der Waals surface area contributed by atoms with Crippen molar-refractivity contribution in [2.24, 2.45) is 5.92 Å². The minimum absolute atomic E-state index is 0.0575. The molecular formula is C22H26N4O4. The van der Waals surface area contributed by atoms with Crippen LogP contribution in [0.1, 0.15) is 26.5 Å². The van der Waals surface area contributed by atoms with Crippen molar-refractivity contribution in [1.82, 2.24) is 14.7 Å². The molecule has 1 atom stereocenters. The molecule has 2 N–H and O–H groups in total. The number of nitrogens with zero attached hydrogens (tertiary/aromatic N) is 2. The topological polar surface area (TPSA) is 94.0 Å². The average molecular weight is 410 g/mol. The molecular weight excluding hydrogens is 384 g/mol. The van der Waals surface area contributed by atoms with Gasteiger partial charge in [-0.3, -0.25) is 9.59 Å². The monoisotopic (exact) mass is 410 g/mol. The summed E-state index contributed by atoms with van der Waals surface area (Å²) in [5.41, 5.74) is 2.15. The molecule has 0 saturated carbocycles. The molecule has 2 amide bonds. The van der Waals surface area contributed by atoms with Gasteiger partial charge in [-0.25, -0.2) is 4.98 Å². The van der Waals surface area contributed by atoms with Gasteiger partial charge in [0.25, 0.3) is 0 Å². The van der Waals surface area contributed by atoms with E-state index in [1.165, 1.54) is 6.92 Å². The van der Waals surface area contributed by atoms with Crippen LogP contribution in [0.25, 0.3) is 5.65 Å². The molecule has 3 rings (SSSR count). The molecule has 0 aliphatic rings. The van der Waals surface area contributed by atoms with Crippen molar-refractivity contribution in [3.63, 3.8) is 0 Å². The summed E-state index contributed by atoms with van der Waals surface area (Å²) in [6, 6.07) is 10.3. The predicted molar refractivity (Wildman–Crippen MR) is 114 cm³/mol. The highest BCUT2D eigenvalue weighted by molar-refractivity contribution is 5.97. The van der Waals surface area contributed by atoms with Gasteiger partial charge in [0.1, 0.15) is 18.3 Å². The lowest BCUT2D eigenvalue weighted by atomic mass is 10.0. The fraction of sp³-hybridized carbons (Fsp3) is 0.318. The van der Waals surface area contributed by atoms with Crippen molar-refractivity contribution in [1.29, 1.82) is 0 Å². The number of amides is 2. The van der Waals surface area contributed by atoms with Crippen molar-refractivity contribution in [3.8, 4) is 11.5 Å². The number of hydrogen-bond acceptors (Lipinski definition) is 5. The van der Waals surface area contributed by atoms with Crippen LogP contribution in [0.2, 0.25) is 0 Å². The smallest absolute Gasteiger partial charge is 0.247 e. The molecule has 2 heterocycles. The van der Waals surface area contributed by atoms with E-state index in [-0.39, 0.29) is 24.3 Å². The van der Waals surface area contributed by atoms with Crippen LogP contribution in [0, 0.1) is 5.92 Å². The zero-order valence-electron chi connectivity index (χ0n) is 17.5. The lowest BCUT2D eigenvalue weighted by Crippen LogP contribution is -2.46. The standard InChI is InChI=1S/C22H26N4O4/c1-14(2)21(23-15(3)27)22(28)25-16-8-9-18(29-4)19(11-16)30-13-17-12-26-10-6-5-7-20(26)24-17/h5-12,14,21H,13H2,1-4H3,(H,23,27)(H,25,28). The average Bonchev–Trinajstić information content (AvgIpc) is 3.13. The Morgan fingerprint density at radius 2 is 1.97 bits per heavy atom. The summed E-state index contributed by atoms with van der Waals surface area (Å²) in [4.78, 5) is 28.5. The number of imidazole rings is 1. The molecule has 0 saturated heterocycles. The van der Waals surface area contributed by atoms with E-state index >= 15 is 0 Å². The minimum Gasteiger partial charge on any atom is -0.493 e. The number of carbonyl (C=O) groups excluding carboxylic acids is 2. The maximum atomic E-state index is 12.6. The van der Waals surface area contributed by atoms with Crippen molar-refractivity contribution < 1.29 is 19.1 Å². The van der Waals surface area contributed by atoms with E-state index in [9.17, 15) is 9.59 Å². The number of fused-ring (bicyclic) bond motifs is 1. The van der Waals surface area contributed by atoms with E-state index in [4.69, 9.17) is 9.47 Å². The molecule has 8 nitrogen and oxygen atoms in total. The number of ether oxygens (including phenoxy) is 2. The lowest BCUT2D eigenvalue weighted by molar-refractivity contribution is -0.126. The van der Waals surface area contributed by atoms with Crippen molar-refractivity contribution in [2.75, 3.05) is 12.4 Å². The molecule has 2 aromatic heterocycles. The largest absolute Gasteiger partial charge is 0.493 e. The predicted octanol–water partition coefficient (Wildman–Crippen LogP) is 3.02. The Morgan fingerprint density at radius 1 is 1.17 bits per heavy atom. The van der Waals surface area contributed by atoms with Gasteiger partial charge in [0.2, 0.25) is 11.8 Å². The molecule has 8 heteroatoms. The summed E-state index contributed by atoms with van der Waals surface area (Å²) < 4.78 is 13.2. The third-order valence-electron chi connectivity index (χ3n) is 4.53. The summed E-state index contributed by atoms with van der Waals surface area (Å²) in [7, 11) is 1.55. The summed E-state index contributed by atoms with van der Waals surface area (Å²) in [5, 5.41) is 5.51. The first-order chi connectivity index (χ1) is 14.4. The van der Waals surface area contributed by atoms with Gasteiger partial charge in [0.15, 0.2) is 11.5 Å². The molecule has 0 aliphatic carbocycles. The summed E-state index contributed by atoms with van der Waals surface area (Å²) in [6.45, 7) is 5.38. The normalized spacial score (nSPS) is 11.9. The lowest BCUT2D eigenvalue weighted by Gasteiger charge is -2.21. The Hall–Kier alpha value is -3.55. The molecule has 3 aromatic rings. The zero-order valence-corrected chi connectivity index (χ0v) is 17.5. The van der Waals surface area contributed by atoms with E-state index < -0.39 is 6.04 Å². The van der Waals surface area contributed by atoms with Crippen LogP contribution in [0.15, 0.2) is 48.8 Å². The Labute approximate surface area is 175 Å². The fourth-order valence-electron chi connectivity index (χ4n) is 3.05. The second-order valence-electron chi connectivity index (χ2n) is 7.26. The van der Waals surface area contributed by atoms with E-state index in [1.54, 1.807) is 25.3 Å².